The van der Waals surface area contributed by atoms with Gasteiger partial charge in [0, 0.05) is 49.3 Å². The van der Waals surface area contributed by atoms with Crippen molar-refractivity contribution in [2.75, 3.05) is 19.6 Å². The highest BCUT2D eigenvalue weighted by Crippen LogP contribution is 2.24. The van der Waals surface area contributed by atoms with Crippen LogP contribution in [0, 0.1) is 5.92 Å². The monoisotopic (exact) mass is 297 g/mol. The maximum Gasteiger partial charge on any atom is 0.0293 e. The lowest BCUT2D eigenvalue weighted by Crippen LogP contribution is -2.37. The van der Waals surface area contributed by atoms with Gasteiger partial charge in [-0.05, 0) is 43.0 Å². The van der Waals surface area contributed by atoms with Crippen LogP contribution in [0.3, 0.4) is 0 Å². The Labute approximate surface area is 134 Å². The lowest BCUT2D eigenvalue weighted by atomic mass is 9.94. The summed E-state index contributed by atoms with van der Waals surface area (Å²) in [5, 5.41) is 3.44. The van der Waals surface area contributed by atoms with E-state index in [0.717, 1.165) is 37.3 Å². The molecule has 1 aliphatic heterocycles. The summed E-state index contributed by atoms with van der Waals surface area (Å²) in [7, 11) is 0. The van der Waals surface area contributed by atoms with E-state index in [1.54, 1.807) is 0 Å². The van der Waals surface area contributed by atoms with Gasteiger partial charge in [0.05, 0.1) is 0 Å². The first-order chi connectivity index (χ1) is 10.7. The average Bonchev–Trinajstić information content (AvgIpc) is 2.58. The van der Waals surface area contributed by atoms with Crippen LogP contribution in [0.4, 0.5) is 0 Å². The van der Waals surface area contributed by atoms with E-state index >= 15 is 0 Å². The maximum absolute atomic E-state index is 4.22. The van der Waals surface area contributed by atoms with Crippen LogP contribution in [-0.4, -0.2) is 29.5 Å². The molecule has 22 heavy (non-hydrogen) atoms. The Bertz CT molecular complexity index is 519. The van der Waals surface area contributed by atoms with Crippen molar-refractivity contribution in [1.82, 2.24) is 15.2 Å². The molecule has 1 unspecified atom stereocenters. The zero-order valence-corrected chi connectivity index (χ0v) is 13.6. The largest absolute Gasteiger partial charge is 0.389 e. The van der Waals surface area contributed by atoms with Gasteiger partial charge in [0.25, 0.3) is 0 Å². The van der Waals surface area contributed by atoms with E-state index in [9.17, 15) is 0 Å². The molecule has 2 heterocycles. The van der Waals surface area contributed by atoms with Gasteiger partial charge in [-0.15, -0.1) is 0 Å². The van der Waals surface area contributed by atoms with Gasteiger partial charge in [-0.2, -0.15) is 0 Å². The summed E-state index contributed by atoms with van der Waals surface area (Å²) in [5.41, 5.74) is 3.40. The normalized spacial score (nSPS) is 18.4. The van der Waals surface area contributed by atoms with Gasteiger partial charge in [-0.1, -0.05) is 26.2 Å². The minimum Gasteiger partial charge on any atom is -0.389 e. The predicted molar refractivity (Wildman–Crippen MR) is 94.1 cm³/mol. The highest BCUT2D eigenvalue weighted by molar-refractivity contribution is 5.51. The highest BCUT2D eigenvalue weighted by Gasteiger charge is 2.21. The number of nitrogens with one attached hydrogen (secondary N) is 1. The van der Waals surface area contributed by atoms with Gasteiger partial charge in [0.1, 0.15) is 0 Å². The minimum absolute atomic E-state index is 0.520. The molecule has 1 aliphatic rings. The Morgan fingerprint density at radius 2 is 2.18 bits per heavy atom. The van der Waals surface area contributed by atoms with E-state index in [2.05, 4.69) is 47.4 Å². The van der Waals surface area contributed by atoms with Crippen molar-refractivity contribution in [3.63, 3.8) is 0 Å². The number of piperidine rings is 1. The van der Waals surface area contributed by atoms with Gasteiger partial charge < -0.3 is 10.2 Å². The van der Waals surface area contributed by atoms with Crippen LogP contribution in [0.25, 0.3) is 6.08 Å². The molecule has 1 saturated heterocycles. The molecular formula is C19H27N3. The van der Waals surface area contributed by atoms with Crippen molar-refractivity contribution in [2.24, 2.45) is 5.92 Å². The van der Waals surface area contributed by atoms with Crippen LogP contribution in [-0.2, 0) is 0 Å². The standard InChI is InChI=1S/C19H27N3/c1-4-11-21-17(3)19-6-5-14-22(15-19)16(2)7-8-18-9-12-20-13-10-18/h7-10,12-13,19,21H,2-6,11,14-15H2,1H3/b8-7+. The first kappa shape index (κ1) is 16.3. The predicted octanol–water partition coefficient (Wildman–Crippen LogP) is 3.83. The third-order valence-corrected chi connectivity index (χ3v) is 4.10. The molecule has 1 atom stereocenters. The molecule has 1 aromatic heterocycles. The summed E-state index contributed by atoms with van der Waals surface area (Å²) >= 11 is 0. The van der Waals surface area contributed by atoms with Crippen LogP contribution >= 0.6 is 0 Å². The molecule has 0 amide bonds. The molecule has 118 valence electrons. The number of allylic oxidation sites excluding steroid dienone is 1. The topological polar surface area (TPSA) is 28.2 Å². The first-order valence-corrected chi connectivity index (χ1v) is 8.15. The van der Waals surface area contributed by atoms with Crippen LogP contribution in [0.15, 0.2) is 55.2 Å². The molecule has 0 aromatic carbocycles. The van der Waals surface area contributed by atoms with Crippen LogP contribution in [0.1, 0.15) is 31.7 Å². The molecular weight excluding hydrogens is 270 g/mol. The Balaban J connectivity index is 1.90. The Hall–Kier alpha value is -2.03. The number of nitrogens with zero attached hydrogens (tertiary/aromatic N) is 2. The Morgan fingerprint density at radius 1 is 1.41 bits per heavy atom. The van der Waals surface area contributed by atoms with Gasteiger partial charge in [-0.25, -0.2) is 0 Å². The SMILES string of the molecule is C=C(NCCC)C1CCCN(C(=C)/C=C/c2ccncc2)C1. The molecule has 0 bridgehead atoms. The number of pyridine rings is 1. The van der Waals surface area contributed by atoms with Crippen molar-refractivity contribution in [1.29, 1.82) is 0 Å². The molecule has 0 spiro atoms. The zero-order valence-electron chi connectivity index (χ0n) is 13.6. The van der Waals surface area contributed by atoms with E-state index < -0.39 is 0 Å². The molecule has 0 aliphatic carbocycles. The van der Waals surface area contributed by atoms with Gasteiger partial charge >= 0.3 is 0 Å². The summed E-state index contributed by atoms with van der Waals surface area (Å²) < 4.78 is 0. The molecule has 1 aromatic rings. The first-order valence-electron chi connectivity index (χ1n) is 8.15. The number of aromatic nitrogens is 1. The lowest BCUT2D eigenvalue weighted by molar-refractivity contribution is 0.240. The Morgan fingerprint density at radius 3 is 2.91 bits per heavy atom. The second kappa shape index (κ2) is 8.42. The maximum atomic E-state index is 4.22. The third kappa shape index (κ3) is 4.76. The van der Waals surface area contributed by atoms with E-state index in [1.807, 2.05) is 24.5 Å². The summed E-state index contributed by atoms with van der Waals surface area (Å²) in [6.45, 7) is 13.7. The fourth-order valence-electron chi connectivity index (χ4n) is 2.72. The highest BCUT2D eigenvalue weighted by atomic mass is 15.1. The summed E-state index contributed by atoms with van der Waals surface area (Å²) in [5.74, 6) is 0.520. The second-order valence-electron chi connectivity index (χ2n) is 5.84. The van der Waals surface area contributed by atoms with E-state index in [4.69, 9.17) is 0 Å². The number of likely N-dealkylation sites (tertiary alicyclic amines) is 1. The van der Waals surface area contributed by atoms with Crippen molar-refractivity contribution in [2.45, 2.75) is 26.2 Å². The van der Waals surface area contributed by atoms with E-state index in [1.165, 1.54) is 18.5 Å². The molecule has 2 rings (SSSR count). The van der Waals surface area contributed by atoms with Crippen LogP contribution < -0.4 is 5.32 Å². The van der Waals surface area contributed by atoms with Crippen molar-refractivity contribution < 1.29 is 0 Å². The second-order valence-corrected chi connectivity index (χ2v) is 5.84. The number of hydrogen-bond acceptors (Lipinski definition) is 3. The minimum atomic E-state index is 0.520. The van der Waals surface area contributed by atoms with Gasteiger partial charge in [0.2, 0.25) is 0 Å². The van der Waals surface area contributed by atoms with Crippen LogP contribution in [0.5, 0.6) is 0 Å². The van der Waals surface area contributed by atoms with Crippen molar-refractivity contribution in [3.05, 3.63) is 60.7 Å². The lowest BCUT2D eigenvalue weighted by Gasteiger charge is -2.35. The number of rotatable bonds is 7. The van der Waals surface area contributed by atoms with Gasteiger partial charge in [0.15, 0.2) is 0 Å². The fraction of sp³-hybridized carbons (Fsp3) is 0.421. The summed E-state index contributed by atoms with van der Waals surface area (Å²) in [4.78, 5) is 6.40. The smallest absolute Gasteiger partial charge is 0.0293 e. The third-order valence-electron chi connectivity index (χ3n) is 4.10. The average molecular weight is 297 g/mol. The van der Waals surface area contributed by atoms with Crippen LogP contribution in [0.2, 0.25) is 0 Å². The molecule has 0 radical (unpaired) electrons. The van der Waals surface area contributed by atoms with Crippen molar-refractivity contribution in [3.8, 4) is 0 Å². The fourth-order valence-corrected chi connectivity index (χ4v) is 2.72. The molecule has 0 saturated carbocycles. The van der Waals surface area contributed by atoms with E-state index in [0.29, 0.717) is 5.92 Å². The molecule has 3 heteroatoms. The summed E-state index contributed by atoms with van der Waals surface area (Å²) in [6.07, 6.45) is 11.4. The van der Waals surface area contributed by atoms with Gasteiger partial charge in [-0.3, -0.25) is 4.98 Å². The molecule has 1 fully saturated rings. The quantitative estimate of drug-likeness (QED) is 0.775. The van der Waals surface area contributed by atoms with Crippen molar-refractivity contribution >= 4 is 6.08 Å². The Kier molecular flexibility index (Phi) is 6.26. The molecule has 3 nitrogen and oxygen atoms in total. The summed E-state index contributed by atoms with van der Waals surface area (Å²) in [6, 6.07) is 4.00. The number of hydrogen-bond donors (Lipinski definition) is 1. The van der Waals surface area contributed by atoms with E-state index in [-0.39, 0.29) is 0 Å². The molecule has 1 N–H and O–H groups in total. The zero-order chi connectivity index (χ0) is 15.8.